The Balaban J connectivity index is 1.27. The van der Waals surface area contributed by atoms with Gasteiger partial charge in [-0.05, 0) is 67.9 Å². The summed E-state index contributed by atoms with van der Waals surface area (Å²) in [5.41, 5.74) is 2.86. The molecule has 30 heavy (non-hydrogen) atoms. The summed E-state index contributed by atoms with van der Waals surface area (Å²) in [7, 11) is 0. The number of likely N-dealkylation sites (tertiary alicyclic amines) is 1. The third kappa shape index (κ3) is 3.76. The zero-order chi connectivity index (χ0) is 20.7. The van der Waals surface area contributed by atoms with Crippen molar-refractivity contribution in [1.82, 2.24) is 20.4 Å². The molecule has 2 atom stereocenters. The van der Waals surface area contributed by atoms with Gasteiger partial charge in [-0.3, -0.25) is 24.6 Å². The first-order valence-electron chi connectivity index (χ1n) is 11.3. The van der Waals surface area contributed by atoms with Gasteiger partial charge in [0.1, 0.15) is 6.04 Å². The first-order chi connectivity index (χ1) is 14.6. The van der Waals surface area contributed by atoms with Gasteiger partial charge in [0, 0.05) is 31.6 Å². The number of carbonyl (C=O) groups excluding carboxylic acids is 3. The van der Waals surface area contributed by atoms with E-state index in [0.29, 0.717) is 18.5 Å². The molecule has 0 spiro atoms. The summed E-state index contributed by atoms with van der Waals surface area (Å²) in [6, 6.07) is 5.65. The summed E-state index contributed by atoms with van der Waals surface area (Å²) in [4.78, 5) is 40.9. The van der Waals surface area contributed by atoms with Crippen molar-refractivity contribution >= 4 is 17.7 Å². The molecular formula is C23H30N4O3. The minimum atomic E-state index is -0.548. The minimum absolute atomic E-state index is 0.0874. The number of amides is 3. The van der Waals surface area contributed by atoms with Crippen LogP contribution in [0.5, 0.6) is 0 Å². The monoisotopic (exact) mass is 410 g/mol. The number of piperidine rings is 1. The summed E-state index contributed by atoms with van der Waals surface area (Å²) in [5.74, 6) is 0.891. The van der Waals surface area contributed by atoms with E-state index in [4.69, 9.17) is 0 Å². The van der Waals surface area contributed by atoms with E-state index >= 15 is 0 Å². The van der Waals surface area contributed by atoms with Gasteiger partial charge in [-0.2, -0.15) is 0 Å². The van der Waals surface area contributed by atoms with Crippen LogP contribution in [0.3, 0.4) is 0 Å². The molecule has 7 heteroatoms. The Morgan fingerprint density at radius 2 is 1.90 bits per heavy atom. The zero-order valence-electron chi connectivity index (χ0n) is 17.4. The molecule has 160 valence electrons. The summed E-state index contributed by atoms with van der Waals surface area (Å²) in [6.45, 7) is 5.88. The van der Waals surface area contributed by atoms with E-state index in [1.807, 2.05) is 12.1 Å². The van der Waals surface area contributed by atoms with Gasteiger partial charge in [-0.1, -0.05) is 18.6 Å². The molecule has 1 aromatic carbocycles. The van der Waals surface area contributed by atoms with Crippen LogP contribution in [0.1, 0.15) is 53.6 Å². The van der Waals surface area contributed by atoms with E-state index in [9.17, 15) is 14.4 Å². The van der Waals surface area contributed by atoms with Crippen molar-refractivity contribution in [2.75, 3.05) is 26.2 Å². The van der Waals surface area contributed by atoms with Gasteiger partial charge in [0.2, 0.25) is 11.8 Å². The maximum atomic E-state index is 13.1. The van der Waals surface area contributed by atoms with E-state index in [0.717, 1.165) is 50.1 Å². The normalized spacial score (nSPS) is 28.1. The Morgan fingerprint density at radius 1 is 1.03 bits per heavy atom. The standard InChI is InChI=1S/C23H30N4O3/c28-21-7-6-20(22(29)25-21)27-14-17-5-4-15(9-19(17)23(27)30)12-26-8-2-1-3-16(13-26)18-10-24-11-18/h4-5,9,16,18,20,24H,1-3,6-8,10-14H2,(H,25,28,29). The van der Waals surface area contributed by atoms with E-state index < -0.39 is 6.04 Å². The third-order valence-electron chi connectivity index (χ3n) is 7.27. The van der Waals surface area contributed by atoms with Gasteiger partial charge in [0.05, 0.1) is 0 Å². The Morgan fingerprint density at radius 3 is 2.67 bits per heavy atom. The van der Waals surface area contributed by atoms with Crippen molar-refractivity contribution in [1.29, 1.82) is 0 Å². The molecule has 2 N–H and O–H groups in total. The number of nitrogens with zero attached hydrogens (tertiary/aromatic N) is 2. The van der Waals surface area contributed by atoms with Gasteiger partial charge in [0.15, 0.2) is 0 Å². The molecule has 4 aliphatic rings. The summed E-state index contributed by atoms with van der Waals surface area (Å²) in [5, 5.41) is 5.77. The second kappa shape index (κ2) is 8.12. The van der Waals surface area contributed by atoms with Crippen LogP contribution in [0.4, 0.5) is 0 Å². The van der Waals surface area contributed by atoms with Crippen LogP contribution >= 0.6 is 0 Å². The average molecular weight is 411 g/mol. The molecule has 5 rings (SSSR count). The molecule has 1 aromatic rings. The van der Waals surface area contributed by atoms with Gasteiger partial charge in [0.25, 0.3) is 5.91 Å². The summed E-state index contributed by atoms with van der Waals surface area (Å²) < 4.78 is 0. The lowest BCUT2D eigenvalue weighted by atomic mass is 9.84. The lowest BCUT2D eigenvalue weighted by Gasteiger charge is -2.36. The molecule has 0 bridgehead atoms. The molecule has 2 unspecified atom stereocenters. The van der Waals surface area contributed by atoms with Crippen molar-refractivity contribution in [2.45, 2.75) is 51.2 Å². The topological polar surface area (TPSA) is 81.8 Å². The van der Waals surface area contributed by atoms with Crippen molar-refractivity contribution in [3.05, 3.63) is 34.9 Å². The molecular weight excluding hydrogens is 380 g/mol. The van der Waals surface area contributed by atoms with Crippen LogP contribution in [0.15, 0.2) is 18.2 Å². The van der Waals surface area contributed by atoms with E-state index in [1.54, 1.807) is 4.90 Å². The van der Waals surface area contributed by atoms with Crippen molar-refractivity contribution < 1.29 is 14.4 Å². The van der Waals surface area contributed by atoms with Gasteiger partial charge < -0.3 is 10.2 Å². The van der Waals surface area contributed by atoms with Crippen LogP contribution in [-0.2, 0) is 22.7 Å². The summed E-state index contributed by atoms with van der Waals surface area (Å²) in [6.07, 6.45) is 4.56. The smallest absolute Gasteiger partial charge is 0.255 e. The van der Waals surface area contributed by atoms with Crippen molar-refractivity contribution in [3.8, 4) is 0 Å². The molecule has 4 aliphatic heterocycles. The highest BCUT2D eigenvalue weighted by atomic mass is 16.2. The first-order valence-corrected chi connectivity index (χ1v) is 11.3. The van der Waals surface area contributed by atoms with Crippen LogP contribution in [-0.4, -0.2) is 59.7 Å². The van der Waals surface area contributed by atoms with E-state index in [-0.39, 0.29) is 24.1 Å². The number of fused-ring (bicyclic) bond motifs is 1. The number of rotatable bonds is 4. The van der Waals surface area contributed by atoms with Crippen molar-refractivity contribution in [3.63, 3.8) is 0 Å². The van der Waals surface area contributed by atoms with Crippen LogP contribution in [0.25, 0.3) is 0 Å². The van der Waals surface area contributed by atoms with Crippen molar-refractivity contribution in [2.24, 2.45) is 11.8 Å². The predicted octanol–water partition coefficient (Wildman–Crippen LogP) is 1.27. The number of imide groups is 1. The Kier molecular flexibility index (Phi) is 5.33. The Labute approximate surface area is 177 Å². The molecule has 3 saturated heterocycles. The SMILES string of the molecule is O=C1CCC(N2Cc3ccc(CN4CCCCC(C5CNC5)C4)cc3C2=O)C(=O)N1. The molecule has 0 aliphatic carbocycles. The third-order valence-corrected chi connectivity index (χ3v) is 7.27. The highest BCUT2D eigenvalue weighted by molar-refractivity contribution is 6.05. The lowest BCUT2D eigenvalue weighted by Crippen LogP contribution is -2.52. The number of hydrogen-bond acceptors (Lipinski definition) is 5. The Bertz CT molecular complexity index is 866. The fourth-order valence-electron chi connectivity index (χ4n) is 5.39. The highest BCUT2D eigenvalue weighted by Gasteiger charge is 2.39. The molecule has 3 fully saturated rings. The molecule has 0 radical (unpaired) electrons. The molecule has 3 amide bonds. The number of nitrogens with one attached hydrogen (secondary N) is 2. The second-order valence-corrected chi connectivity index (χ2v) is 9.30. The Hall–Kier alpha value is -2.25. The van der Waals surface area contributed by atoms with Crippen LogP contribution in [0, 0.1) is 11.8 Å². The molecule has 4 heterocycles. The number of hydrogen-bond donors (Lipinski definition) is 2. The average Bonchev–Trinajstić information content (AvgIpc) is 2.84. The fraction of sp³-hybridized carbons (Fsp3) is 0.609. The zero-order valence-corrected chi connectivity index (χ0v) is 17.4. The van der Waals surface area contributed by atoms with Gasteiger partial charge >= 0.3 is 0 Å². The van der Waals surface area contributed by atoms with E-state index in [2.05, 4.69) is 21.6 Å². The second-order valence-electron chi connectivity index (χ2n) is 9.30. The molecule has 7 nitrogen and oxygen atoms in total. The quantitative estimate of drug-likeness (QED) is 0.731. The fourth-order valence-corrected chi connectivity index (χ4v) is 5.39. The number of benzene rings is 1. The number of carbonyl (C=O) groups is 3. The predicted molar refractivity (Wildman–Crippen MR) is 111 cm³/mol. The maximum Gasteiger partial charge on any atom is 0.255 e. The highest BCUT2D eigenvalue weighted by Crippen LogP contribution is 2.30. The van der Waals surface area contributed by atoms with Gasteiger partial charge in [-0.25, -0.2) is 0 Å². The summed E-state index contributed by atoms with van der Waals surface area (Å²) >= 11 is 0. The van der Waals surface area contributed by atoms with Crippen LogP contribution < -0.4 is 10.6 Å². The molecule has 0 saturated carbocycles. The van der Waals surface area contributed by atoms with E-state index in [1.165, 1.54) is 24.8 Å². The largest absolute Gasteiger partial charge is 0.322 e. The molecule has 0 aromatic heterocycles. The lowest BCUT2D eigenvalue weighted by molar-refractivity contribution is -0.136. The van der Waals surface area contributed by atoms with Crippen LogP contribution in [0.2, 0.25) is 0 Å². The van der Waals surface area contributed by atoms with Gasteiger partial charge in [-0.15, -0.1) is 0 Å². The minimum Gasteiger partial charge on any atom is -0.322 e. The first kappa shape index (κ1) is 19.7. The maximum absolute atomic E-state index is 13.1.